The zero-order chi connectivity index (χ0) is 22.2. The van der Waals surface area contributed by atoms with Gasteiger partial charge in [-0.25, -0.2) is 9.59 Å². The van der Waals surface area contributed by atoms with Crippen LogP contribution < -0.4 is 18.9 Å². The minimum absolute atomic E-state index is 0.276. The summed E-state index contributed by atoms with van der Waals surface area (Å²) in [4.78, 5) is 24.6. The van der Waals surface area contributed by atoms with Gasteiger partial charge in [0, 0.05) is 0 Å². The van der Waals surface area contributed by atoms with E-state index in [2.05, 4.69) is 9.47 Å². The van der Waals surface area contributed by atoms with Crippen LogP contribution in [-0.4, -0.2) is 11.9 Å². The second-order valence-corrected chi connectivity index (χ2v) is 6.14. The van der Waals surface area contributed by atoms with E-state index >= 15 is 0 Å². The molecule has 8 heteroatoms. The highest BCUT2D eigenvalue weighted by Gasteiger charge is 2.13. The third kappa shape index (κ3) is 5.37. The Hall–Kier alpha value is -4.82. The van der Waals surface area contributed by atoms with Crippen LogP contribution in [0.5, 0.6) is 23.0 Å². The van der Waals surface area contributed by atoms with E-state index in [4.69, 9.17) is 20.0 Å². The van der Waals surface area contributed by atoms with Gasteiger partial charge >= 0.3 is 11.9 Å². The first-order valence-corrected chi connectivity index (χ1v) is 8.87. The average molecular weight is 414 g/mol. The molecule has 0 aliphatic carbocycles. The molecule has 31 heavy (non-hydrogen) atoms. The first-order chi connectivity index (χ1) is 15.0. The summed E-state index contributed by atoms with van der Waals surface area (Å²) >= 11 is 0. The smallest absolute Gasteiger partial charge is 0.343 e. The molecule has 3 aromatic carbocycles. The Labute approximate surface area is 177 Å². The fourth-order valence-corrected chi connectivity index (χ4v) is 2.55. The van der Waals surface area contributed by atoms with Crippen LogP contribution in [0, 0.1) is 30.0 Å². The van der Waals surface area contributed by atoms with Crippen LogP contribution in [0.15, 0.2) is 66.7 Å². The summed E-state index contributed by atoms with van der Waals surface area (Å²) in [6.07, 6.45) is 3.09. The van der Waals surface area contributed by atoms with Gasteiger partial charge in [0.2, 0.25) is 0 Å². The second kappa shape index (κ2) is 9.59. The van der Waals surface area contributed by atoms with Gasteiger partial charge in [-0.15, -0.1) is 10.5 Å². The number of ether oxygens (including phenoxy) is 4. The number of aryl methyl sites for hydroxylation is 1. The van der Waals surface area contributed by atoms with Gasteiger partial charge in [0.25, 0.3) is 12.5 Å². The molecule has 8 nitrogen and oxygen atoms in total. The van der Waals surface area contributed by atoms with Crippen LogP contribution in [0.25, 0.3) is 0 Å². The number of esters is 2. The van der Waals surface area contributed by atoms with Crippen molar-refractivity contribution in [3.8, 4) is 35.5 Å². The molecule has 0 aliphatic rings. The molecule has 0 heterocycles. The van der Waals surface area contributed by atoms with Gasteiger partial charge in [0.15, 0.2) is 0 Å². The van der Waals surface area contributed by atoms with Gasteiger partial charge in [0.05, 0.1) is 11.1 Å². The van der Waals surface area contributed by atoms with E-state index in [1.54, 1.807) is 25.5 Å². The fourth-order valence-electron chi connectivity index (χ4n) is 2.55. The first kappa shape index (κ1) is 20.9. The van der Waals surface area contributed by atoms with Crippen LogP contribution >= 0.6 is 0 Å². The molecule has 0 saturated carbocycles. The molecular formula is C23H14N2O6. The molecule has 152 valence electrons. The Bertz CT molecular complexity index is 1190. The Morgan fingerprint density at radius 2 is 1.13 bits per heavy atom. The first-order valence-electron chi connectivity index (χ1n) is 8.87. The summed E-state index contributed by atoms with van der Waals surface area (Å²) in [7, 11) is 0. The van der Waals surface area contributed by atoms with E-state index in [-0.39, 0.29) is 16.9 Å². The van der Waals surface area contributed by atoms with Gasteiger partial charge in [-0.2, -0.15) is 0 Å². The molecule has 0 fully saturated rings. The van der Waals surface area contributed by atoms with Crippen molar-refractivity contribution in [2.45, 2.75) is 6.92 Å². The molecule has 0 radical (unpaired) electrons. The Kier molecular flexibility index (Phi) is 6.47. The van der Waals surface area contributed by atoms with Crippen LogP contribution in [0.1, 0.15) is 26.3 Å². The number of carbonyl (C=O) groups excluding carboxylic acids is 2. The summed E-state index contributed by atoms with van der Waals surface area (Å²) in [5.41, 5.74) is 1.15. The average Bonchev–Trinajstić information content (AvgIpc) is 2.77. The maximum Gasteiger partial charge on any atom is 0.343 e. The predicted octanol–water partition coefficient (Wildman–Crippen LogP) is 4.15. The van der Waals surface area contributed by atoms with Crippen molar-refractivity contribution in [2.75, 3.05) is 0 Å². The quantitative estimate of drug-likeness (QED) is 0.335. The summed E-state index contributed by atoms with van der Waals surface area (Å²) in [5, 5.41) is 17.0. The lowest BCUT2D eigenvalue weighted by Crippen LogP contribution is -2.10. The number of carbonyl (C=O) groups is 2. The standard InChI is InChI=1S/C23H14N2O6/c1-15-12-20(30-22(26)16-2-6-18(7-3-16)28-13-24)10-11-21(15)31-23(27)17-4-8-19(9-5-17)29-14-25/h2-12H,1H3. The Balaban J connectivity index is 1.65. The van der Waals surface area contributed by atoms with Crippen molar-refractivity contribution in [2.24, 2.45) is 0 Å². The van der Waals surface area contributed by atoms with E-state index in [0.29, 0.717) is 22.8 Å². The van der Waals surface area contributed by atoms with Crippen LogP contribution in [0.3, 0.4) is 0 Å². The number of nitriles is 2. The maximum atomic E-state index is 12.3. The number of rotatable bonds is 6. The van der Waals surface area contributed by atoms with E-state index in [1.807, 2.05) is 0 Å². The van der Waals surface area contributed by atoms with Crippen molar-refractivity contribution < 1.29 is 28.5 Å². The minimum atomic E-state index is -0.590. The second-order valence-electron chi connectivity index (χ2n) is 6.14. The van der Waals surface area contributed by atoms with Crippen molar-refractivity contribution in [1.29, 1.82) is 10.5 Å². The molecule has 3 aromatic rings. The van der Waals surface area contributed by atoms with Gasteiger partial charge in [-0.05, 0) is 79.2 Å². The molecule has 3 rings (SSSR count). The van der Waals surface area contributed by atoms with Gasteiger partial charge in [-0.1, -0.05) is 0 Å². The SMILES string of the molecule is Cc1cc(OC(=O)c2ccc(OC#N)cc2)ccc1OC(=O)c1ccc(OC#N)cc1. The van der Waals surface area contributed by atoms with E-state index < -0.39 is 11.9 Å². The molecule has 0 unspecified atom stereocenters. The van der Waals surface area contributed by atoms with Gasteiger partial charge < -0.3 is 18.9 Å². The minimum Gasteiger partial charge on any atom is -0.423 e. The molecule has 0 spiro atoms. The summed E-state index contributed by atoms with van der Waals surface area (Å²) < 4.78 is 20.0. The third-order valence-electron chi connectivity index (χ3n) is 4.07. The summed E-state index contributed by atoms with van der Waals surface area (Å²) in [6.45, 7) is 1.71. The van der Waals surface area contributed by atoms with Gasteiger partial charge in [-0.3, -0.25) is 0 Å². The molecule has 0 saturated heterocycles. The summed E-state index contributed by atoms with van der Waals surface area (Å²) in [5.74, 6) is 0.0306. The zero-order valence-corrected chi connectivity index (χ0v) is 16.2. The third-order valence-corrected chi connectivity index (χ3v) is 4.07. The van der Waals surface area contributed by atoms with Crippen molar-refractivity contribution in [3.05, 3.63) is 83.4 Å². The van der Waals surface area contributed by atoms with Crippen LogP contribution in [-0.2, 0) is 0 Å². The molecule has 0 aromatic heterocycles. The molecule has 0 N–H and O–H groups in total. The normalized spacial score (nSPS) is 9.65. The largest absolute Gasteiger partial charge is 0.423 e. The predicted molar refractivity (Wildman–Crippen MR) is 106 cm³/mol. The summed E-state index contributed by atoms with van der Waals surface area (Å²) in [6, 6.07) is 16.4. The highest BCUT2D eigenvalue weighted by molar-refractivity contribution is 5.92. The van der Waals surface area contributed by atoms with Crippen molar-refractivity contribution in [3.63, 3.8) is 0 Å². The van der Waals surface area contributed by atoms with E-state index in [1.165, 1.54) is 60.7 Å². The monoisotopic (exact) mass is 414 g/mol. The molecule has 0 aliphatic heterocycles. The Morgan fingerprint density at radius 3 is 1.58 bits per heavy atom. The van der Waals surface area contributed by atoms with Crippen molar-refractivity contribution >= 4 is 11.9 Å². The number of benzene rings is 3. The number of hydrogen-bond acceptors (Lipinski definition) is 8. The highest BCUT2D eigenvalue weighted by Crippen LogP contribution is 2.25. The molecule has 0 bridgehead atoms. The van der Waals surface area contributed by atoms with E-state index in [9.17, 15) is 9.59 Å². The van der Waals surface area contributed by atoms with Crippen LogP contribution in [0.2, 0.25) is 0 Å². The molecule has 0 amide bonds. The Morgan fingerprint density at radius 1 is 0.677 bits per heavy atom. The molecule has 0 atom stereocenters. The van der Waals surface area contributed by atoms with Crippen molar-refractivity contribution in [1.82, 2.24) is 0 Å². The number of hydrogen-bond donors (Lipinski definition) is 0. The lowest BCUT2D eigenvalue weighted by Gasteiger charge is -2.10. The van der Waals surface area contributed by atoms with E-state index in [0.717, 1.165) is 0 Å². The van der Waals surface area contributed by atoms with Gasteiger partial charge in [0.1, 0.15) is 23.0 Å². The highest BCUT2D eigenvalue weighted by atomic mass is 16.5. The number of nitrogens with zero attached hydrogens (tertiary/aromatic N) is 2. The lowest BCUT2D eigenvalue weighted by atomic mass is 10.2. The fraction of sp³-hybridized carbons (Fsp3) is 0.0435. The topological polar surface area (TPSA) is 119 Å². The molecular weight excluding hydrogens is 400 g/mol. The van der Waals surface area contributed by atoms with Crippen LogP contribution in [0.4, 0.5) is 0 Å². The lowest BCUT2D eigenvalue weighted by molar-refractivity contribution is 0.0718. The zero-order valence-electron chi connectivity index (χ0n) is 16.2. The maximum absolute atomic E-state index is 12.3.